The van der Waals surface area contributed by atoms with Crippen LogP contribution in [0.4, 0.5) is 0 Å². The van der Waals surface area contributed by atoms with E-state index in [0.717, 1.165) is 5.57 Å². The maximum absolute atomic E-state index is 10.1. The van der Waals surface area contributed by atoms with Crippen molar-refractivity contribution in [3.63, 3.8) is 0 Å². The van der Waals surface area contributed by atoms with Crippen LogP contribution in [0.15, 0.2) is 29.8 Å². The number of methoxy groups -OCH3 is 2. The molecule has 0 amide bonds. The van der Waals surface area contributed by atoms with E-state index in [0.29, 0.717) is 30.2 Å². The van der Waals surface area contributed by atoms with Crippen molar-refractivity contribution in [2.24, 2.45) is 17.3 Å². The molecule has 1 aromatic carbocycles. The number of hydrogen-bond acceptors (Lipinski definition) is 7. The van der Waals surface area contributed by atoms with Gasteiger partial charge in [-0.05, 0) is 30.8 Å². The average Bonchev–Trinajstić information content (AvgIpc) is 2.72. The fourth-order valence-corrected chi connectivity index (χ4v) is 4.38. The van der Waals surface area contributed by atoms with Gasteiger partial charge in [0.2, 0.25) is 0 Å². The van der Waals surface area contributed by atoms with Gasteiger partial charge in [-0.3, -0.25) is 0 Å². The van der Waals surface area contributed by atoms with Gasteiger partial charge in [-0.1, -0.05) is 6.08 Å². The van der Waals surface area contributed by atoms with Crippen molar-refractivity contribution in [2.75, 3.05) is 34.4 Å². The SMILES string of the molecule is COc1ccc(OC)c([C@H]2[C@H]3CN(C)CC=C3C(C#N)C(=N)C2(C#N)C#N)c1. The van der Waals surface area contributed by atoms with Gasteiger partial charge in [-0.25, -0.2) is 0 Å². The van der Waals surface area contributed by atoms with Gasteiger partial charge in [-0.15, -0.1) is 0 Å². The molecule has 3 atom stereocenters. The predicted octanol–water partition coefficient (Wildman–Crippen LogP) is 2.48. The first-order valence-electron chi connectivity index (χ1n) is 8.88. The molecule has 7 heteroatoms. The first kappa shape index (κ1) is 19.4. The fourth-order valence-electron chi connectivity index (χ4n) is 4.38. The number of nitrogens with one attached hydrogen (secondary N) is 1. The molecule has 0 saturated heterocycles. The number of ether oxygens (including phenoxy) is 2. The number of nitriles is 3. The Bertz CT molecular complexity index is 948. The fraction of sp³-hybridized carbons (Fsp3) is 0.429. The lowest BCUT2D eigenvalue weighted by molar-refractivity contribution is 0.231. The monoisotopic (exact) mass is 375 g/mol. The highest BCUT2D eigenvalue weighted by atomic mass is 16.5. The maximum atomic E-state index is 10.1. The lowest BCUT2D eigenvalue weighted by Crippen LogP contribution is -2.52. The maximum Gasteiger partial charge on any atom is 0.189 e. The van der Waals surface area contributed by atoms with E-state index in [9.17, 15) is 15.8 Å². The molecule has 28 heavy (non-hydrogen) atoms. The van der Waals surface area contributed by atoms with E-state index in [1.165, 1.54) is 7.11 Å². The largest absolute Gasteiger partial charge is 0.497 e. The van der Waals surface area contributed by atoms with Crippen LogP contribution in [0.2, 0.25) is 0 Å². The van der Waals surface area contributed by atoms with Crippen LogP contribution in [0.25, 0.3) is 0 Å². The smallest absolute Gasteiger partial charge is 0.189 e. The molecule has 1 unspecified atom stereocenters. The van der Waals surface area contributed by atoms with E-state index in [4.69, 9.17) is 14.9 Å². The molecule has 0 bridgehead atoms. The third-order valence-corrected chi connectivity index (χ3v) is 5.74. The topological polar surface area (TPSA) is 117 Å². The molecular weight excluding hydrogens is 354 g/mol. The molecule has 142 valence electrons. The lowest BCUT2D eigenvalue weighted by atomic mass is 9.54. The van der Waals surface area contributed by atoms with Crippen molar-refractivity contribution < 1.29 is 9.47 Å². The Hall–Kier alpha value is -3.34. The molecule has 1 aromatic rings. The number of hydrogen-bond donors (Lipinski definition) is 1. The molecule has 0 aromatic heterocycles. The van der Waals surface area contributed by atoms with Gasteiger partial charge in [0.05, 0.1) is 38.1 Å². The van der Waals surface area contributed by atoms with Crippen LogP contribution in [-0.2, 0) is 0 Å². The van der Waals surface area contributed by atoms with Gasteiger partial charge in [0, 0.05) is 30.5 Å². The van der Waals surface area contributed by atoms with Gasteiger partial charge < -0.3 is 19.8 Å². The number of rotatable bonds is 3. The second-order valence-corrected chi connectivity index (χ2v) is 7.12. The molecule has 1 fully saturated rings. The van der Waals surface area contributed by atoms with E-state index in [1.807, 2.05) is 13.1 Å². The summed E-state index contributed by atoms with van der Waals surface area (Å²) in [7, 11) is 5.03. The quantitative estimate of drug-likeness (QED) is 0.811. The van der Waals surface area contributed by atoms with E-state index in [1.54, 1.807) is 25.3 Å². The van der Waals surface area contributed by atoms with Gasteiger partial charge in [-0.2, -0.15) is 15.8 Å². The minimum atomic E-state index is -1.76. The second kappa shape index (κ2) is 7.35. The zero-order valence-corrected chi connectivity index (χ0v) is 16.1. The third-order valence-electron chi connectivity index (χ3n) is 5.74. The van der Waals surface area contributed by atoms with Crippen LogP contribution in [0.1, 0.15) is 11.5 Å². The summed E-state index contributed by atoms with van der Waals surface area (Å²) >= 11 is 0. The Morgan fingerprint density at radius 2 is 1.89 bits per heavy atom. The van der Waals surface area contributed by atoms with E-state index < -0.39 is 17.3 Å². The molecule has 1 aliphatic carbocycles. The summed E-state index contributed by atoms with van der Waals surface area (Å²) in [6.07, 6.45) is 1.95. The normalized spacial score (nSPS) is 26.1. The minimum absolute atomic E-state index is 0.165. The van der Waals surface area contributed by atoms with Gasteiger partial charge >= 0.3 is 0 Å². The highest BCUT2D eigenvalue weighted by Gasteiger charge is 2.58. The standard InChI is InChI=1S/C21H21N5O2/c1-26-7-6-14-16(9-22)20(25)21(11-23,12-24)19(17(14)10-26)15-8-13(27-2)4-5-18(15)28-3/h4-6,8,16-17,19,25H,7,10H2,1-3H3/t16?,17-,19-/m0/s1. The van der Waals surface area contributed by atoms with Crippen molar-refractivity contribution >= 4 is 5.71 Å². The van der Waals surface area contributed by atoms with Crippen LogP contribution in [-0.4, -0.2) is 45.0 Å². The van der Waals surface area contributed by atoms with Crippen LogP contribution in [0, 0.1) is 56.7 Å². The summed E-state index contributed by atoms with van der Waals surface area (Å²) in [5, 5.41) is 38.5. The number of benzene rings is 1. The first-order valence-corrected chi connectivity index (χ1v) is 8.88. The third kappa shape index (κ3) is 2.71. The molecule has 1 heterocycles. The van der Waals surface area contributed by atoms with Crippen molar-refractivity contribution in [3.8, 4) is 29.7 Å². The second-order valence-electron chi connectivity index (χ2n) is 7.12. The molecule has 2 aliphatic rings. The zero-order valence-electron chi connectivity index (χ0n) is 16.1. The zero-order chi connectivity index (χ0) is 20.5. The predicted molar refractivity (Wildman–Crippen MR) is 102 cm³/mol. The number of fused-ring (bicyclic) bond motifs is 1. The molecule has 1 aliphatic heterocycles. The number of nitrogens with zero attached hydrogens (tertiary/aromatic N) is 4. The Morgan fingerprint density at radius 3 is 2.46 bits per heavy atom. The first-order chi connectivity index (χ1) is 13.5. The lowest BCUT2D eigenvalue weighted by Gasteiger charge is -2.47. The molecular formula is C21H21N5O2. The van der Waals surface area contributed by atoms with E-state index in [2.05, 4.69) is 23.1 Å². The van der Waals surface area contributed by atoms with Crippen molar-refractivity contribution in [2.45, 2.75) is 5.92 Å². The molecule has 0 radical (unpaired) electrons. The van der Waals surface area contributed by atoms with E-state index >= 15 is 0 Å². The van der Waals surface area contributed by atoms with Crippen LogP contribution in [0.3, 0.4) is 0 Å². The Kier molecular flexibility index (Phi) is 5.10. The Morgan fingerprint density at radius 1 is 1.18 bits per heavy atom. The Labute approximate surface area is 164 Å². The van der Waals surface area contributed by atoms with Crippen molar-refractivity contribution in [1.29, 1.82) is 21.2 Å². The Balaban J connectivity index is 2.33. The average molecular weight is 375 g/mol. The van der Waals surface area contributed by atoms with Gasteiger partial charge in [0.15, 0.2) is 5.41 Å². The summed E-state index contributed by atoms with van der Waals surface area (Å²) in [6, 6.07) is 11.6. The summed E-state index contributed by atoms with van der Waals surface area (Å²) in [5.41, 5.74) is -0.485. The molecule has 0 spiro atoms. The van der Waals surface area contributed by atoms with Crippen LogP contribution < -0.4 is 9.47 Å². The summed E-state index contributed by atoms with van der Waals surface area (Å²) in [5.74, 6) is -0.692. The molecule has 1 saturated carbocycles. The number of likely N-dealkylation sites (N-methyl/N-ethyl adjacent to an activating group) is 1. The van der Waals surface area contributed by atoms with Crippen LogP contribution in [0.5, 0.6) is 11.5 Å². The molecule has 3 rings (SSSR count). The highest BCUT2D eigenvalue weighted by molar-refractivity contribution is 6.01. The summed E-state index contributed by atoms with van der Waals surface area (Å²) in [6.45, 7) is 1.23. The molecule has 1 N–H and O–H groups in total. The minimum Gasteiger partial charge on any atom is -0.497 e. The van der Waals surface area contributed by atoms with Crippen molar-refractivity contribution in [3.05, 3.63) is 35.4 Å². The summed E-state index contributed by atoms with van der Waals surface area (Å²) in [4.78, 5) is 2.08. The van der Waals surface area contributed by atoms with Crippen LogP contribution >= 0.6 is 0 Å². The van der Waals surface area contributed by atoms with Crippen molar-refractivity contribution in [1.82, 2.24) is 4.90 Å². The van der Waals surface area contributed by atoms with Gasteiger partial charge in [0.25, 0.3) is 0 Å². The highest BCUT2D eigenvalue weighted by Crippen LogP contribution is 2.55. The van der Waals surface area contributed by atoms with Gasteiger partial charge in [0.1, 0.15) is 17.4 Å². The summed E-state index contributed by atoms with van der Waals surface area (Å²) < 4.78 is 10.9. The molecule has 7 nitrogen and oxygen atoms in total. The van der Waals surface area contributed by atoms with E-state index in [-0.39, 0.29) is 11.6 Å².